The standard InChI is InChI=1S/C16H21N9O2/c1-26-15-14(16(22-9-21-15)27-4-2-3-17)11-5-12(25-24-11)23-13-8-19-10(6-18)7-20-13/h7-9,11-12,24-25H,2-5,17H2,1H3,(H,20,23). The smallest absolute Gasteiger partial charge is 0.225 e. The molecule has 11 heteroatoms. The van der Waals surface area contributed by atoms with Gasteiger partial charge in [0.15, 0.2) is 5.69 Å². The van der Waals surface area contributed by atoms with Crippen LogP contribution in [0.3, 0.4) is 0 Å². The van der Waals surface area contributed by atoms with Gasteiger partial charge in [-0.1, -0.05) is 0 Å². The summed E-state index contributed by atoms with van der Waals surface area (Å²) in [5, 5.41) is 12.0. The highest BCUT2D eigenvalue weighted by atomic mass is 16.5. The van der Waals surface area contributed by atoms with Gasteiger partial charge in [0, 0.05) is 6.42 Å². The lowest BCUT2D eigenvalue weighted by atomic mass is 10.1. The van der Waals surface area contributed by atoms with Crippen molar-refractivity contribution in [3.05, 3.63) is 30.0 Å². The molecule has 0 amide bonds. The summed E-state index contributed by atoms with van der Waals surface area (Å²) < 4.78 is 11.1. The number of hydrogen-bond donors (Lipinski definition) is 4. The lowest BCUT2D eigenvalue weighted by Gasteiger charge is -2.17. The van der Waals surface area contributed by atoms with Crippen LogP contribution in [0.5, 0.6) is 11.8 Å². The summed E-state index contributed by atoms with van der Waals surface area (Å²) in [7, 11) is 1.56. The molecule has 0 radical (unpaired) electrons. The second kappa shape index (κ2) is 9.04. The van der Waals surface area contributed by atoms with E-state index < -0.39 is 0 Å². The Labute approximate surface area is 156 Å². The van der Waals surface area contributed by atoms with E-state index >= 15 is 0 Å². The highest BCUT2D eigenvalue weighted by Gasteiger charge is 2.31. The number of nitrogens with two attached hydrogens (primary N) is 1. The van der Waals surface area contributed by atoms with Crippen LogP contribution in [0.1, 0.15) is 30.1 Å². The number of nitriles is 1. The molecule has 1 saturated heterocycles. The van der Waals surface area contributed by atoms with E-state index in [4.69, 9.17) is 20.5 Å². The van der Waals surface area contributed by atoms with Crippen molar-refractivity contribution in [1.82, 2.24) is 30.8 Å². The zero-order chi connectivity index (χ0) is 19.1. The predicted octanol–water partition coefficient (Wildman–Crippen LogP) is -0.148. The lowest BCUT2D eigenvalue weighted by Crippen LogP contribution is -2.36. The Kier molecular flexibility index (Phi) is 6.26. The van der Waals surface area contributed by atoms with Gasteiger partial charge in [-0.15, -0.1) is 0 Å². The Morgan fingerprint density at radius 2 is 2.11 bits per heavy atom. The van der Waals surface area contributed by atoms with Gasteiger partial charge in [0.05, 0.1) is 43.9 Å². The van der Waals surface area contributed by atoms with Crippen LogP contribution in [0.15, 0.2) is 18.7 Å². The minimum atomic E-state index is -0.141. The maximum atomic E-state index is 8.79. The van der Waals surface area contributed by atoms with Crippen LogP contribution < -0.4 is 31.4 Å². The number of nitrogens with one attached hydrogen (secondary N) is 3. The summed E-state index contributed by atoms with van der Waals surface area (Å²) in [5.41, 5.74) is 12.9. The summed E-state index contributed by atoms with van der Waals surface area (Å²) in [6.07, 6.45) is 5.59. The van der Waals surface area contributed by atoms with Gasteiger partial charge in [-0.25, -0.2) is 30.8 Å². The molecular formula is C16H21N9O2. The molecule has 2 unspecified atom stereocenters. The molecule has 142 valence electrons. The average Bonchev–Trinajstić information content (AvgIpc) is 3.16. The summed E-state index contributed by atoms with van der Waals surface area (Å²) in [4.78, 5) is 16.6. The van der Waals surface area contributed by atoms with E-state index in [0.717, 1.165) is 12.0 Å². The van der Waals surface area contributed by atoms with Crippen molar-refractivity contribution >= 4 is 5.82 Å². The molecule has 1 fully saturated rings. The molecule has 0 aromatic carbocycles. The first kappa shape index (κ1) is 18.7. The highest BCUT2D eigenvalue weighted by Crippen LogP contribution is 2.34. The first-order valence-corrected chi connectivity index (χ1v) is 8.46. The van der Waals surface area contributed by atoms with Crippen molar-refractivity contribution in [2.24, 2.45) is 5.73 Å². The fourth-order valence-electron chi connectivity index (χ4n) is 2.67. The summed E-state index contributed by atoms with van der Waals surface area (Å²) in [6, 6.07) is 1.80. The normalized spacial score (nSPS) is 18.7. The third kappa shape index (κ3) is 4.56. The Morgan fingerprint density at radius 1 is 1.26 bits per heavy atom. The maximum absolute atomic E-state index is 8.79. The molecule has 3 rings (SSSR count). The van der Waals surface area contributed by atoms with Crippen LogP contribution >= 0.6 is 0 Å². The molecule has 0 spiro atoms. The first-order chi connectivity index (χ1) is 13.2. The molecule has 1 aliphatic rings. The predicted molar refractivity (Wildman–Crippen MR) is 95.5 cm³/mol. The number of rotatable bonds is 8. The van der Waals surface area contributed by atoms with E-state index in [-0.39, 0.29) is 17.9 Å². The summed E-state index contributed by atoms with van der Waals surface area (Å²) >= 11 is 0. The first-order valence-electron chi connectivity index (χ1n) is 8.46. The molecule has 27 heavy (non-hydrogen) atoms. The molecule has 0 saturated carbocycles. The fraction of sp³-hybridized carbons (Fsp3) is 0.438. The molecule has 5 N–H and O–H groups in total. The van der Waals surface area contributed by atoms with Crippen LogP contribution in [0.25, 0.3) is 0 Å². The second-order valence-electron chi connectivity index (χ2n) is 5.77. The van der Waals surface area contributed by atoms with E-state index in [2.05, 4.69) is 36.1 Å². The lowest BCUT2D eigenvalue weighted by molar-refractivity contribution is 0.287. The van der Waals surface area contributed by atoms with Crippen molar-refractivity contribution in [2.75, 3.05) is 25.6 Å². The molecule has 1 aliphatic heterocycles. The second-order valence-corrected chi connectivity index (χ2v) is 5.77. The van der Waals surface area contributed by atoms with Crippen molar-refractivity contribution in [3.8, 4) is 17.8 Å². The number of hydrazine groups is 1. The Hall–Kier alpha value is -3.07. The molecule has 2 aromatic rings. The maximum Gasteiger partial charge on any atom is 0.225 e. The molecular weight excluding hydrogens is 350 g/mol. The quantitative estimate of drug-likeness (QED) is 0.458. The van der Waals surface area contributed by atoms with E-state index in [1.165, 1.54) is 18.7 Å². The molecule has 0 aliphatic carbocycles. The van der Waals surface area contributed by atoms with Gasteiger partial charge in [0.1, 0.15) is 18.2 Å². The SMILES string of the molecule is COc1ncnc(OCCCN)c1C1CC(Nc2cnc(C#N)cn2)NN1. The van der Waals surface area contributed by atoms with Gasteiger partial charge in [0.25, 0.3) is 0 Å². The fourth-order valence-corrected chi connectivity index (χ4v) is 2.67. The zero-order valence-electron chi connectivity index (χ0n) is 14.8. The molecule has 2 aromatic heterocycles. The van der Waals surface area contributed by atoms with E-state index in [0.29, 0.717) is 37.2 Å². The third-order valence-corrected chi connectivity index (χ3v) is 3.93. The van der Waals surface area contributed by atoms with Gasteiger partial charge >= 0.3 is 0 Å². The van der Waals surface area contributed by atoms with Gasteiger partial charge in [-0.05, 0) is 13.0 Å². The monoisotopic (exact) mass is 371 g/mol. The van der Waals surface area contributed by atoms with E-state index in [9.17, 15) is 0 Å². The number of hydrogen-bond acceptors (Lipinski definition) is 11. The third-order valence-electron chi connectivity index (χ3n) is 3.93. The van der Waals surface area contributed by atoms with Gasteiger partial charge < -0.3 is 20.5 Å². The number of methoxy groups -OCH3 is 1. The molecule has 11 nitrogen and oxygen atoms in total. The Balaban J connectivity index is 1.70. The van der Waals surface area contributed by atoms with Gasteiger partial charge in [-0.3, -0.25) is 0 Å². The summed E-state index contributed by atoms with van der Waals surface area (Å²) in [5.74, 6) is 1.48. The zero-order valence-corrected chi connectivity index (χ0v) is 14.8. The topological polar surface area (TPSA) is 156 Å². The molecule has 0 bridgehead atoms. The van der Waals surface area contributed by atoms with Gasteiger partial charge in [-0.2, -0.15) is 5.26 Å². The minimum Gasteiger partial charge on any atom is -0.481 e. The average molecular weight is 371 g/mol. The number of anilines is 1. The van der Waals surface area contributed by atoms with Crippen molar-refractivity contribution in [2.45, 2.75) is 25.0 Å². The van der Waals surface area contributed by atoms with E-state index in [1.54, 1.807) is 7.11 Å². The van der Waals surface area contributed by atoms with Crippen LogP contribution in [0.2, 0.25) is 0 Å². The van der Waals surface area contributed by atoms with Crippen LogP contribution in [0.4, 0.5) is 5.82 Å². The Morgan fingerprint density at radius 3 is 2.81 bits per heavy atom. The highest BCUT2D eigenvalue weighted by molar-refractivity contribution is 5.39. The number of nitrogens with zero attached hydrogens (tertiary/aromatic N) is 5. The number of aromatic nitrogens is 4. The van der Waals surface area contributed by atoms with Gasteiger partial charge in [0.2, 0.25) is 11.8 Å². The van der Waals surface area contributed by atoms with Crippen molar-refractivity contribution < 1.29 is 9.47 Å². The van der Waals surface area contributed by atoms with Crippen LogP contribution in [-0.2, 0) is 0 Å². The Bertz CT molecular complexity index is 793. The molecule has 2 atom stereocenters. The van der Waals surface area contributed by atoms with Crippen molar-refractivity contribution in [1.29, 1.82) is 5.26 Å². The minimum absolute atomic E-state index is 0.126. The largest absolute Gasteiger partial charge is 0.481 e. The van der Waals surface area contributed by atoms with E-state index in [1.807, 2.05) is 6.07 Å². The molecule has 3 heterocycles. The van der Waals surface area contributed by atoms with Crippen LogP contribution in [0, 0.1) is 11.3 Å². The van der Waals surface area contributed by atoms with Crippen molar-refractivity contribution in [3.63, 3.8) is 0 Å². The number of ether oxygens (including phenoxy) is 2. The van der Waals surface area contributed by atoms with Crippen LogP contribution in [-0.4, -0.2) is 46.4 Å². The summed E-state index contributed by atoms with van der Waals surface area (Å²) in [6.45, 7) is 1.00.